The van der Waals surface area contributed by atoms with E-state index in [2.05, 4.69) is 33.9 Å². The highest BCUT2D eigenvalue weighted by atomic mass is 16.2. The van der Waals surface area contributed by atoms with Crippen molar-refractivity contribution in [3.8, 4) is 0 Å². The Morgan fingerprint density at radius 2 is 2.00 bits per heavy atom. The molecular weight excluding hydrogens is 300 g/mol. The molecule has 4 rings (SSSR count). The third-order valence-corrected chi connectivity index (χ3v) is 5.07. The number of fused-ring (bicyclic) bond motifs is 1. The molecule has 2 aliphatic rings. The van der Waals surface area contributed by atoms with E-state index < -0.39 is 0 Å². The van der Waals surface area contributed by atoms with E-state index in [-0.39, 0.29) is 11.8 Å². The maximum atomic E-state index is 12.9. The van der Waals surface area contributed by atoms with Crippen molar-refractivity contribution in [3.05, 3.63) is 47.8 Å². The van der Waals surface area contributed by atoms with E-state index in [0.717, 1.165) is 49.6 Å². The Balaban J connectivity index is 1.46. The maximum Gasteiger partial charge on any atom is 0.231 e. The van der Waals surface area contributed by atoms with Gasteiger partial charge in [-0.3, -0.25) is 4.79 Å². The second-order valence-corrected chi connectivity index (χ2v) is 6.55. The van der Waals surface area contributed by atoms with Gasteiger partial charge in [-0.15, -0.1) is 0 Å². The summed E-state index contributed by atoms with van der Waals surface area (Å²) in [7, 11) is 0. The predicted molar refractivity (Wildman–Crippen MR) is 94.2 cm³/mol. The SMILES string of the molecule is CCc1cnc(N2CCC(C(=O)N3CCc4ccccc43)C2)nc1. The first-order chi connectivity index (χ1) is 11.8. The van der Waals surface area contributed by atoms with E-state index in [1.807, 2.05) is 29.4 Å². The van der Waals surface area contributed by atoms with Gasteiger partial charge in [0.1, 0.15) is 0 Å². The average molecular weight is 322 g/mol. The number of carbonyl (C=O) groups excluding carboxylic acids is 1. The summed E-state index contributed by atoms with van der Waals surface area (Å²) >= 11 is 0. The van der Waals surface area contributed by atoms with Crippen LogP contribution in [0.15, 0.2) is 36.7 Å². The zero-order valence-corrected chi connectivity index (χ0v) is 14.0. The molecule has 0 spiro atoms. The second kappa shape index (κ2) is 6.23. The smallest absolute Gasteiger partial charge is 0.231 e. The number of hydrogen-bond donors (Lipinski definition) is 0. The lowest BCUT2D eigenvalue weighted by atomic mass is 10.1. The first kappa shape index (κ1) is 15.1. The van der Waals surface area contributed by atoms with Crippen LogP contribution in [0.25, 0.3) is 0 Å². The highest BCUT2D eigenvalue weighted by Gasteiger charge is 2.35. The van der Waals surface area contributed by atoms with Crippen molar-refractivity contribution in [2.75, 3.05) is 29.4 Å². The number of para-hydroxylation sites is 1. The van der Waals surface area contributed by atoms with E-state index in [1.54, 1.807) is 0 Å². The lowest BCUT2D eigenvalue weighted by Gasteiger charge is -2.22. The van der Waals surface area contributed by atoms with Gasteiger partial charge >= 0.3 is 0 Å². The molecule has 5 nitrogen and oxygen atoms in total. The Bertz CT molecular complexity index is 743. The number of aryl methyl sites for hydroxylation is 1. The normalized spacial score (nSPS) is 19.6. The Kier molecular flexibility index (Phi) is 3.92. The first-order valence-electron chi connectivity index (χ1n) is 8.71. The van der Waals surface area contributed by atoms with Crippen LogP contribution < -0.4 is 9.80 Å². The molecule has 1 aromatic heterocycles. The molecule has 24 heavy (non-hydrogen) atoms. The van der Waals surface area contributed by atoms with Crippen LogP contribution in [-0.2, 0) is 17.6 Å². The number of anilines is 2. The fourth-order valence-electron chi connectivity index (χ4n) is 3.62. The molecule has 1 aromatic carbocycles. The molecule has 1 atom stereocenters. The molecule has 5 heteroatoms. The van der Waals surface area contributed by atoms with Gasteiger partial charge in [0.2, 0.25) is 11.9 Å². The Hall–Kier alpha value is -2.43. The lowest BCUT2D eigenvalue weighted by molar-refractivity contribution is -0.121. The third-order valence-electron chi connectivity index (χ3n) is 5.07. The summed E-state index contributed by atoms with van der Waals surface area (Å²) in [5.74, 6) is 1.02. The maximum absolute atomic E-state index is 12.9. The van der Waals surface area contributed by atoms with Crippen LogP contribution in [0.4, 0.5) is 11.6 Å². The summed E-state index contributed by atoms with van der Waals surface area (Å²) in [6.07, 6.45) is 6.54. The number of rotatable bonds is 3. The van der Waals surface area contributed by atoms with Gasteiger partial charge in [0.05, 0.1) is 5.92 Å². The fourth-order valence-corrected chi connectivity index (χ4v) is 3.62. The number of benzene rings is 1. The molecule has 0 N–H and O–H groups in total. The van der Waals surface area contributed by atoms with Crippen LogP contribution in [0, 0.1) is 5.92 Å². The van der Waals surface area contributed by atoms with Gasteiger partial charge < -0.3 is 9.80 Å². The summed E-state index contributed by atoms with van der Waals surface area (Å²) in [5, 5.41) is 0. The minimum absolute atomic E-state index is 0.0330. The molecule has 1 amide bonds. The first-order valence-corrected chi connectivity index (χ1v) is 8.71. The summed E-state index contributed by atoms with van der Waals surface area (Å²) < 4.78 is 0. The van der Waals surface area contributed by atoms with Crippen molar-refractivity contribution in [2.45, 2.75) is 26.2 Å². The molecule has 0 aliphatic carbocycles. The highest BCUT2D eigenvalue weighted by molar-refractivity contribution is 5.97. The van der Waals surface area contributed by atoms with Gasteiger partial charge in [-0.25, -0.2) is 9.97 Å². The van der Waals surface area contributed by atoms with Crippen molar-refractivity contribution in [1.29, 1.82) is 0 Å². The number of carbonyl (C=O) groups is 1. The molecule has 1 saturated heterocycles. The molecule has 2 aromatic rings. The molecule has 1 unspecified atom stereocenters. The number of aromatic nitrogens is 2. The van der Waals surface area contributed by atoms with E-state index in [1.165, 1.54) is 5.56 Å². The monoisotopic (exact) mass is 322 g/mol. The molecule has 3 heterocycles. The van der Waals surface area contributed by atoms with Crippen molar-refractivity contribution in [3.63, 3.8) is 0 Å². The van der Waals surface area contributed by atoms with Gasteiger partial charge in [0, 0.05) is 37.7 Å². The second-order valence-electron chi connectivity index (χ2n) is 6.55. The minimum atomic E-state index is 0.0330. The van der Waals surface area contributed by atoms with E-state index in [0.29, 0.717) is 6.54 Å². The van der Waals surface area contributed by atoms with Crippen LogP contribution in [-0.4, -0.2) is 35.5 Å². The largest absolute Gasteiger partial charge is 0.340 e. The highest BCUT2D eigenvalue weighted by Crippen LogP contribution is 2.31. The van der Waals surface area contributed by atoms with Crippen molar-refractivity contribution in [2.24, 2.45) is 5.92 Å². The quantitative estimate of drug-likeness (QED) is 0.871. The van der Waals surface area contributed by atoms with E-state index in [4.69, 9.17) is 0 Å². The molecule has 1 fully saturated rings. The molecule has 0 bridgehead atoms. The zero-order chi connectivity index (χ0) is 16.5. The third kappa shape index (κ3) is 2.64. The molecule has 2 aliphatic heterocycles. The van der Waals surface area contributed by atoms with Crippen molar-refractivity contribution in [1.82, 2.24) is 9.97 Å². The zero-order valence-electron chi connectivity index (χ0n) is 14.0. The van der Waals surface area contributed by atoms with Gasteiger partial charge in [-0.1, -0.05) is 25.1 Å². The van der Waals surface area contributed by atoms with E-state index >= 15 is 0 Å². The average Bonchev–Trinajstić information content (AvgIpc) is 3.28. The summed E-state index contributed by atoms with van der Waals surface area (Å²) in [6, 6.07) is 8.22. The van der Waals surface area contributed by atoms with Gasteiger partial charge in [-0.2, -0.15) is 0 Å². The Labute approximate surface area is 142 Å². The molecule has 0 radical (unpaired) electrons. The molecular formula is C19H22N4O. The van der Waals surface area contributed by atoms with Crippen LogP contribution in [0.2, 0.25) is 0 Å². The lowest BCUT2D eigenvalue weighted by Crippen LogP contribution is -2.36. The fraction of sp³-hybridized carbons (Fsp3) is 0.421. The predicted octanol–water partition coefficient (Wildman–Crippen LogP) is 2.45. The Morgan fingerprint density at radius 1 is 1.21 bits per heavy atom. The van der Waals surface area contributed by atoms with Crippen LogP contribution >= 0.6 is 0 Å². The van der Waals surface area contributed by atoms with Gasteiger partial charge in [0.15, 0.2) is 0 Å². The minimum Gasteiger partial charge on any atom is -0.340 e. The summed E-state index contributed by atoms with van der Waals surface area (Å²) in [5.41, 5.74) is 3.50. The number of hydrogen-bond acceptors (Lipinski definition) is 4. The van der Waals surface area contributed by atoms with Gasteiger partial charge in [0.25, 0.3) is 0 Å². The van der Waals surface area contributed by atoms with Crippen LogP contribution in [0.1, 0.15) is 24.5 Å². The summed E-state index contributed by atoms with van der Waals surface area (Å²) in [6.45, 7) is 4.45. The molecule has 124 valence electrons. The van der Waals surface area contributed by atoms with E-state index in [9.17, 15) is 4.79 Å². The summed E-state index contributed by atoms with van der Waals surface area (Å²) in [4.78, 5) is 25.9. The Morgan fingerprint density at radius 3 is 2.79 bits per heavy atom. The number of amides is 1. The molecule has 0 saturated carbocycles. The van der Waals surface area contributed by atoms with Gasteiger partial charge in [-0.05, 0) is 36.5 Å². The van der Waals surface area contributed by atoms with Crippen LogP contribution in [0.5, 0.6) is 0 Å². The topological polar surface area (TPSA) is 49.3 Å². The van der Waals surface area contributed by atoms with Crippen LogP contribution in [0.3, 0.4) is 0 Å². The number of nitrogens with zero attached hydrogens (tertiary/aromatic N) is 4. The van der Waals surface area contributed by atoms with Crippen molar-refractivity contribution >= 4 is 17.5 Å². The standard InChI is InChI=1S/C19H22N4O/c1-2-14-11-20-19(21-12-14)22-9-7-16(13-22)18(24)23-10-8-15-5-3-4-6-17(15)23/h3-6,11-12,16H,2,7-10,13H2,1H3. The van der Waals surface area contributed by atoms with Crippen molar-refractivity contribution < 1.29 is 4.79 Å².